The SMILES string of the molecule is CC[C@H](NC(=O)c1cnn(-c2ccccc2)c1)c1ccc(OC)cc1. The first-order valence-corrected chi connectivity index (χ1v) is 8.26. The molecule has 3 aromatic rings. The fourth-order valence-electron chi connectivity index (χ4n) is 2.66. The molecule has 2 aromatic carbocycles. The summed E-state index contributed by atoms with van der Waals surface area (Å²) in [6.07, 6.45) is 4.12. The van der Waals surface area contributed by atoms with Gasteiger partial charge in [0, 0.05) is 6.20 Å². The van der Waals surface area contributed by atoms with E-state index < -0.39 is 0 Å². The second kappa shape index (κ2) is 7.66. The van der Waals surface area contributed by atoms with Crippen LogP contribution in [0.25, 0.3) is 5.69 Å². The Hall–Kier alpha value is -3.08. The van der Waals surface area contributed by atoms with Crippen LogP contribution in [0.3, 0.4) is 0 Å². The molecule has 0 saturated carbocycles. The van der Waals surface area contributed by atoms with Gasteiger partial charge >= 0.3 is 0 Å². The van der Waals surface area contributed by atoms with Crippen LogP contribution in [0.5, 0.6) is 5.75 Å². The van der Waals surface area contributed by atoms with E-state index in [0.29, 0.717) is 5.56 Å². The molecule has 0 aliphatic rings. The van der Waals surface area contributed by atoms with Gasteiger partial charge in [-0.25, -0.2) is 4.68 Å². The van der Waals surface area contributed by atoms with E-state index in [4.69, 9.17) is 4.74 Å². The molecule has 5 nitrogen and oxygen atoms in total. The van der Waals surface area contributed by atoms with Crippen LogP contribution in [0.15, 0.2) is 67.0 Å². The van der Waals surface area contributed by atoms with Crippen molar-refractivity contribution in [1.29, 1.82) is 0 Å². The average molecular weight is 335 g/mol. The minimum atomic E-state index is -0.134. The van der Waals surface area contributed by atoms with Crippen LogP contribution in [0, 0.1) is 0 Å². The van der Waals surface area contributed by atoms with Gasteiger partial charge in [-0.3, -0.25) is 4.79 Å². The third-order valence-corrected chi connectivity index (χ3v) is 4.10. The third-order valence-electron chi connectivity index (χ3n) is 4.10. The van der Waals surface area contributed by atoms with Gasteiger partial charge in [-0.05, 0) is 36.2 Å². The highest BCUT2D eigenvalue weighted by Crippen LogP contribution is 2.20. The molecule has 1 atom stereocenters. The van der Waals surface area contributed by atoms with Crippen LogP contribution < -0.4 is 10.1 Å². The van der Waals surface area contributed by atoms with Gasteiger partial charge in [-0.2, -0.15) is 5.10 Å². The van der Waals surface area contributed by atoms with Gasteiger partial charge in [0.25, 0.3) is 5.91 Å². The topological polar surface area (TPSA) is 56.2 Å². The summed E-state index contributed by atoms with van der Waals surface area (Å²) in [4.78, 5) is 12.6. The zero-order valence-electron chi connectivity index (χ0n) is 14.3. The maximum absolute atomic E-state index is 12.6. The molecule has 1 heterocycles. The highest BCUT2D eigenvalue weighted by atomic mass is 16.5. The molecule has 0 bridgehead atoms. The number of nitrogens with zero attached hydrogens (tertiary/aromatic N) is 2. The maximum atomic E-state index is 12.6. The lowest BCUT2D eigenvalue weighted by atomic mass is 10.0. The summed E-state index contributed by atoms with van der Waals surface area (Å²) in [5.74, 6) is 0.666. The molecular weight excluding hydrogens is 314 g/mol. The molecule has 0 radical (unpaired) electrons. The van der Waals surface area contributed by atoms with Crippen LogP contribution >= 0.6 is 0 Å². The van der Waals surface area contributed by atoms with Gasteiger partial charge in [-0.15, -0.1) is 0 Å². The average Bonchev–Trinajstić information content (AvgIpc) is 3.17. The third kappa shape index (κ3) is 3.88. The summed E-state index contributed by atoms with van der Waals surface area (Å²) in [5.41, 5.74) is 2.51. The molecule has 0 aliphatic carbocycles. The molecule has 5 heteroatoms. The summed E-state index contributed by atoms with van der Waals surface area (Å²) in [6.45, 7) is 2.04. The number of benzene rings is 2. The first kappa shape index (κ1) is 16.8. The molecule has 3 rings (SSSR count). The maximum Gasteiger partial charge on any atom is 0.254 e. The van der Waals surface area contributed by atoms with Gasteiger partial charge in [0.05, 0.1) is 30.6 Å². The Kier molecular flexibility index (Phi) is 5.14. The monoisotopic (exact) mass is 335 g/mol. The van der Waals surface area contributed by atoms with Crippen LogP contribution in [0.2, 0.25) is 0 Å². The Morgan fingerprint density at radius 1 is 1.16 bits per heavy atom. The molecule has 1 N–H and O–H groups in total. The van der Waals surface area contributed by atoms with Crippen molar-refractivity contribution in [1.82, 2.24) is 15.1 Å². The Morgan fingerprint density at radius 2 is 1.88 bits per heavy atom. The number of hydrogen-bond donors (Lipinski definition) is 1. The number of carbonyl (C=O) groups is 1. The van der Waals surface area contributed by atoms with Crippen molar-refractivity contribution in [3.63, 3.8) is 0 Å². The summed E-state index contributed by atoms with van der Waals surface area (Å²) in [5, 5.41) is 7.34. The molecule has 128 valence electrons. The van der Waals surface area contributed by atoms with Crippen molar-refractivity contribution in [2.75, 3.05) is 7.11 Å². The summed E-state index contributed by atoms with van der Waals surface area (Å²) < 4.78 is 6.88. The van der Waals surface area contributed by atoms with E-state index in [2.05, 4.69) is 10.4 Å². The quantitative estimate of drug-likeness (QED) is 0.746. The second-order valence-corrected chi connectivity index (χ2v) is 5.72. The lowest BCUT2D eigenvalue weighted by Gasteiger charge is -2.17. The lowest BCUT2D eigenvalue weighted by Crippen LogP contribution is -2.27. The van der Waals surface area contributed by atoms with Crippen molar-refractivity contribution in [2.45, 2.75) is 19.4 Å². The number of ether oxygens (including phenoxy) is 1. The fraction of sp³-hybridized carbons (Fsp3) is 0.200. The van der Waals surface area contributed by atoms with Gasteiger partial charge in [0.15, 0.2) is 0 Å². The van der Waals surface area contributed by atoms with E-state index in [9.17, 15) is 4.79 Å². The van der Waals surface area contributed by atoms with E-state index in [1.807, 2.05) is 61.5 Å². The van der Waals surface area contributed by atoms with Gasteiger partial charge in [0.2, 0.25) is 0 Å². The zero-order valence-corrected chi connectivity index (χ0v) is 14.3. The number of amides is 1. The molecule has 0 spiro atoms. The largest absolute Gasteiger partial charge is 0.497 e. The molecule has 0 saturated heterocycles. The van der Waals surface area contributed by atoms with E-state index in [1.54, 1.807) is 24.2 Å². The predicted octanol–water partition coefficient (Wildman–Crippen LogP) is 3.76. The number of methoxy groups -OCH3 is 1. The minimum absolute atomic E-state index is 0.0570. The van der Waals surface area contributed by atoms with E-state index in [-0.39, 0.29) is 11.9 Å². The van der Waals surface area contributed by atoms with Crippen molar-refractivity contribution in [3.8, 4) is 11.4 Å². The predicted molar refractivity (Wildman–Crippen MR) is 97.1 cm³/mol. The zero-order chi connectivity index (χ0) is 17.6. The normalized spacial score (nSPS) is 11.8. The van der Waals surface area contributed by atoms with E-state index >= 15 is 0 Å². The van der Waals surface area contributed by atoms with Gasteiger partial charge in [-0.1, -0.05) is 37.3 Å². The van der Waals surface area contributed by atoms with Crippen LogP contribution in [0.4, 0.5) is 0 Å². The highest BCUT2D eigenvalue weighted by molar-refractivity contribution is 5.94. The molecule has 25 heavy (non-hydrogen) atoms. The van der Waals surface area contributed by atoms with Crippen molar-refractivity contribution >= 4 is 5.91 Å². The smallest absolute Gasteiger partial charge is 0.254 e. The summed E-state index contributed by atoms with van der Waals surface area (Å²) in [7, 11) is 1.64. The van der Waals surface area contributed by atoms with Crippen LogP contribution in [-0.4, -0.2) is 22.8 Å². The molecular formula is C20H21N3O2. The molecule has 0 fully saturated rings. The number of nitrogens with one attached hydrogen (secondary N) is 1. The standard InChI is InChI=1S/C20H21N3O2/c1-3-19(15-9-11-18(25-2)12-10-15)22-20(24)16-13-21-23(14-16)17-7-5-4-6-8-17/h4-14,19H,3H2,1-2H3,(H,22,24)/t19-/m0/s1. The molecule has 0 aliphatic heterocycles. The van der Waals surface area contributed by atoms with E-state index in [1.165, 1.54) is 0 Å². The number of para-hydroxylation sites is 1. The second-order valence-electron chi connectivity index (χ2n) is 5.72. The minimum Gasteiger partial charge on any atom is -0.497 e. The number of carbonyl (C=O) groups excluding carboxylic acids is 1. The Bertz CT molecular complexity index is 826. The summed E-state index contributed by atoms with van der Waals surface area (Å²) in [6, 6.07) is 17.4. The Labute approximate surface area is 147 Å². The highest BCUT2D eigenvalue weighted by Gasteiger charge is 2.16. The Morgan fingerprint density at radius 3 is 2.52 bits per heavy atom. The number of hydrogen-bond acceptors (Lipinski definition) is 3. The molecule has 0 unspecified atom stereocenters. The first-order valence-electron chi connectivity index (χ1n) is 8.26. The van der Waals surface area contributed by atoms with Gasteiger partial charge in [0.1, 0.15) is 5.75 Å². The molecule has 1 aromatic heterocycles. The first-order chi connectivity index (χ1) is 12.2. The fourth-order valence-corrected chi connectivity index (χ4v) is 2.66. The van der Waals surface area contributed by atoms with Crippen molar-refractivity contribution < 1.29 is 9.53 Å². The van der Waals surface area contributed by atoms with Crippen LogP contribution in [0.1, 0.15) is 35.3 Å². The summed E-state index contributed by atoms with van der Waals surface area (Å²) >= 11 is 0. The van der Waals surface area contributed by atoms with Crippen molar-refractivity contribution in [2.24, 2.45) is 0 Å². The van der Waals surface area contributed by atoms with Crippen molar-refractivity contribution in [3.05, 3.63) is 78.1 Å². The number of rotatable bonds is 6. The number of aromatic nitrogens is 2. The molecule has 1 amide bonds. The van der Waals surface area contributed by atoms with E-state index in [0.717, 1.165) is 23.4 Å². The van der Waals surface area contributed by atoms with Crippen LogP contribution in [-0.2, 0) is 0 Å². The Balaban J connectivity index is 1.73. The van der Waals surface area contributed by atoms with Gasteiger partial charge < -0.3 is 10.1 Å². The lowest BCUT2D eigenvalue weighted by molar-refractivity contribution is 0.0935.